The zero-order valence-corrected chi connectivity index (χ0v) is 14.0. The summed E-state index contributed by atoms with van der Waals surface area (Å²) in [5.41, 5.74) is 10.1. The molecule has 0 radical (unpaired) electrons. The molecule has 0 saturated heterocycles. The highest BCUT2D eigenvalue weighted by Crippen LogP contribution is 2.28. The van der Waals surface area contributed by atoms with Crippen molar-refractivity contribution in [2.45, 2.75) is 26.3 Å². The van der Waals surface area contributed by atoms with Gasteiger partial charge in [-0.2, -0.15) is 0 Å². The first-order valence-corrected chi connectivity index (χ1v) is 7.42. The van der Waals surface area contributed by atoms with Crippen LogP contribution in [0.3, 0.4) is 0 Å². The summed E-state index contributed by atoms with van der Waals surface area (Å²) in [4.78, 5) is 30.5. The van der Waals surface area contributed by atoms with Crippen molar-refractivity contribution in [3.8, 4) is 0 Å². The number of carbonyl (C=O) groups is 1. The van der Waals surface area contributed by atoms with E-state index in [4.69, 9.17) is 0 Å². The second-order valence-electron chi connectivity index (χ2n) is 6.12. The van der Waals surface area contributed by atoms with E-state index in [0.717, 1.165) is 6.33 Å². The Morgan fingerprint density at radius 3 is 2.24 bits per heavy atom. The van der Waals surface area contributed by atoms with Gasteiger partial charge in [-0.05, 0) is 32.9 Å². The van der Waals surface area contributed by atoms with Gasteiger partial charge in [0.1, 0.15) is 6.33 Å². The lowest BCUT2D eigenvalue weighted by Gasteiger charge is -2.21. The van der Waals surface area contributed by atoms with Crippen LogP contribution in [0.4, 0.5) is 17.3 Å². The Hall–Kier alpha value is -3.27. The van der Waals surface area contributed by atoms with E-state index in [0.29, 0.717) is 5.56 Å². The molecule has 0 bridgehead atoms. The number of hydrogen-bond acceptors (Lipinski definition) is 8. The Morgan fingerprint density at radius 2 is 1.68 bits per heavy atom. The number of benzene rings is 1. The Kier molecular flexibility index (Phi) is 5.45. The first-order valence-electron chi connectivity index (χ1n) is 7.42. The summed E-state index contributed by atoms with van der Waals surface area (Å²) in [7, 11) is 0. The number of nitro groups is 1. The lowest BCUT2D eigenvalue weighted by Crippen LogP contribution is -2.40. The molecule has 0 unspecified atom stereocenters. The molecule has 4 N–H and O–H groups in total. The molecule has 25 heavy (non-hydrogen) atoms. The van der Waals surface area contributed by atoms with Gasteiger partial charge in [-0.3, -0.25) is 31.2 Å². The minimum Gasteiger partial charge on any atom is -0.299 e. The third-order valence-corrected chi connectivity index (χ3v) is 2.89. The summed E-state index contributed by atoms with van der Waals surface area (Å²) < 4.78 is 0. The Morgan fingerprint density at radius 1 is 1.08 bits per heavy atom. The molecule has 2 rings (SSSR count). The largest absolute Gasteiger partial charge is 0.356 e. The summed E-state index contributed by atoms with van der Waals surface area (Å²) in [5, 5.41) is 11.4. The Labute approximate surface area is 144 Å². The number of amides is 1. The standard InChI is InChI=1S/C15H19N7O3/c1-15(2,3)21-19-13-11(22(24)25)12(16-9-17-13)18-20-14(23)10-7-5-4-6-8-10/h4-9,21H,1-3H3,(H,20,23)(H2,16,17,18,19). The molecule has 0 aliphatic heterocycles. The molecule has 1 aromatic carbocycles. The van der Waals surface area contributed by atoms with E-state index < -0.39 is 16.5 Å². The quantitative estimate of drug-likeness (QED) is 0.460. The zero-order chi connectivity index (χ0) is 18.4. The predicted octanol–water partition coefficient (Wildman–Crippen LogP) is 1.86. The molecule has 1 amide bonds. The van der Waals surface area contributed by atoms with Crippen LogP contribution in [-0.2, 0) is 0 Å². The van der Waals surface area contributed by atoms with Crippen LogP contribution in [0, 0.1) is 10.1 Å². The molecule has 2 aromatic rings. The van der Waals surface area contributed by atoms with Crippen LogP contribution in [-0.4, -0.2) is 26.3 Å². The molecule has 1 aromatic heterocycles. The van der Waals surface area contributed by atoms with Crippen molar-refractivity contribution in [2.75, 3.05) is 10.9 Å². The summed E-state index contributed by atoms with van der Waals surface area (Å²) >= 11 is 0. The molecule has 1 heterocycles. The fraction of sp³-hybridized carbons (Fsp3) is 0.267. The van der Waals surface area contributed by atoms with Crippen molar-refractivity contribution in [3.05, 3.63) is 52.3 Å². The van der Waals surface area contributed by atoms with Gasteiger partial charge in [-0.15, -0.1) is 0 Å². The van der Waals surface area contributed by atoms with Gasteiger partial charge in [0.15, 0.2) is 0 Å². The lowest BCUT2D eigenvalue weighted by molar-refractivity contribution is -0.383. The van der Waals surface area contributed by atoms with Crippen LogP contribution in [0.25, 0.3) is 0 Å². The van der Waals surface area contributed by atoms with Gasteiger partial charge in [0, 0.05) is 11.1 Å². The third-order valence-electron chi connectivity index (χ3n) is 2.89. The normalized spacial score (nSPS) is 10.8. The highest BCUT2D eigenvalue weighted by Gasteiger charge is 2.24. The van der Waals surface area contributed by atoms with Crippen LogP contribution in [0.15, 0.2) is 36.7 Å². The fourth-order valence-electron chi connectivity index (χ4n) is 1.76. The van der Waals surface area contributed by atoms with Gasteiger partial charge in [0.2, 0.25) is 11.6 Å². The molecular weight excluding hydrogens is 326 g/mol. The van der Waals surface area contributed by atoms with Crippen molar-refractivity contribution in [2.24, 2.45) is 0 Å². The first kappa shape index (κ1) is 18.1. The monoisotopic (exact) mass is 345 g/mol. The zero-order valence-electron chi connectivity index (χ0n) is 14.0. The van der Waals surface area contributed by atoms with Crippen LogP contribution in [0.5, 0.6) is 0 Å². The molecule has 132 valence electrons. The Balaban J connectivity index is 2.17. The third kappa shape index (κ3) is 5.11. The number of aromatic nitrogens is 2. The number of carbonyl (C=O) groups excluding carboxylic acids is 1. The smallest absolute Gasteiger partial charge is 0.299 e. The highest BCUT2D eigenvalue weighted by atomic mass is 16.6. The second-order valence-corrected chi connectivity index (χ2v) is 6.12. The molecule has 10 nitrogen and oxygen atoms in total. The van der Waals surface area contributed by atoms with Crippen LogP contribution in [0.1, 0.15) is 31.1 Å². The van der Waals surface area contributed by atoms with Gasteiger partial charge in [-0.25, -0.2) is 15.4 Å². The van der Waals surface area contributed by atoms with Crippen LogP contribution >= 0.6 is 0 Å². The maximum Gasteiger partial charge on any atom is 0.356 e. The summed E-state index contributed by atoms with van der Waals surface area (Å²) in [6.45, 7) is 5.64. The number of nitrogens with zero attached hydrogens (tertiary/aromatic N) is 3. The minimum atomic E-state index is -0.635. The van der Waals surface area contributed by atoms with Crippen molar-refractivity contribution < 1.29 is 9.72 Å². The maximum absolute atomic E-state index is 12.0. The van der Waals surface area contributed by atoms with E-state index in [2.05, 4.69) is 31.7 Å². The van der Waals surface area contributed by atoms with Crippen molar-refractivity contribution in [3.63, 3.8) is 0 Å². The van der Waals surface area contributed by atoms with E-state index in [1.807, 2.05) is 20.8 Å². The van der Waals surface area contributed by atoms with Gasteiger partial charge in [0.25, 0.3) is 5.91 Å². The minimum absolute atomic E-state index is 0.0219. The molecule has 0 aliphatic carbocycles. The molecular formula is C15H19N7O3. The fourth-order valence-corrected chi connectivity index (χ4v) is 1.76. The van der Waals surface area contributed by atoms with Crippen molar-refractivity contribution in [1.82, 2.24) is 20.8 Å². The maximum atomic E-state index is 12.0. The topological polar surface area (TPSA) is 134 Å². The van der Waals surface area contributed by atoms with Gasteiger partial charge < -0.3 is 0 Å². The number of nitrogens with one attached hydrogen (secondary N) is 4. The number of rotatable bonds is 6. The summed E-state index contributed by atoms with van der Waals surface area (Å²) in [6.07, 6.45) is 1.15. The molecule has 0 saturated carbocycles. The average Bonchev–Trinajstić information content (AvgIpc) is 2.57. The van der Waals surface area contributed by atoms with E-state index in [-0.39, 0.29) is 17.2 Å². The predicted molar refractivity (Wildman–Crippen MR) is 92.7 cm³/mol. The number of hydrazine groups is 2. The van der Waals surface area contributed by atoms with E-state index in [1.54, 1.807) is 30.3 Å². The van der Waals surface area contributed by atoms with Crippen molar-refractivity contribution >= 4 is 23.2 Å². The SMILES string of the molecule is CC(C)(C)NNc1ncnc(NNC(=O)c2ccccc2)c1[N+](=O)[O-]. The van der Waals surface area contributed by atoms with E-state index >= 15 is 0 Å². The highest BCUT2D eigenvalue weighted by molar-refractivity contribution is 5.95. The Bertz CT molecular complexity index is 759. The molecule has 0 atom stereocenters. The number of hydrogen-bond donors (Lipinski definition) is 4. The molecule has 0 spiro atoms. The van der Waals surface area contributed by atoms with E-state index in [1.165, 1.54) is 0 Å². The van der Waals surface area contributed by atoms with Crippen LogP contribution in [0.2, 0.25) is 0 Å². The van der Waals surface area contributed by atoms with Gasteiger partial charge in [0.05, 0.1) is 4.92 Å². The average molecular weight is 345 g/mol. The lowest BCUT2D eigenvalue weighted by atomic mass is 10.1. The molecule has 10 heteroatoms. The molecule has 0 fully saturated rings. The second kappa shape index (κ2) is 7.53. The molecule has 0 aliphatic rings. The van der Waals surface area contributed by atoms with Crippen LogP contribution < -0.4 is 21.7 Å². The van der Waals surface area contributed by atoms with Gasteiger partial charge in [-0.1, -0.05) is 18.2 Å². The first-order chi connectivity index (χ1) is 11.8. The summed E-state index contributed by atoms with van der Waals surface area (Å²) in [5.74, 6) is -0.607. The van der Waals surface area contributed by atoms with Gasteiger partial charge >= 0.3 is 5.69 Å². The summed E-state index contributed by atoms with van der Waals surface area (Å²) in [6, 6.07) is 8.43. The van der Waals surface area contributed by atoms with E-state index in [9.17, 15) is 14.9 Å². The number of anilines is 2. The van der Waals surface area contributed by atoms with Crippen molar-refractivity contribution in [1.29, 1.82) is 0 Å².